The number of aliphatic hydroxyl groups excluding tert-OH is 1. The Morgan fingerprint density at radius 2 is 2.09 bits per heavy atom. The lowest BCUT2D eigenvalue weighted by atomic mass is 10.1. The van der Waals surface area contributed by atoms with E-state index in [4.69, 9.17) is 10.1 Å². The Morgan fingerprint density at radius 3 is 2.89 bits per heavy atom. The largest absolute Gasteiger partial charge is 0.394 e. The molecule has 0 saturated heterocycles. The average Bonchev–Trinajstić information content (AvgIpc) is 3.58. The van der Waals surface area contributed by atoms with Crippen molar-refractivity contribution in [3.8, 4) is 0 Å². The van der Waals surface area contributed by atoms with Crippen molar-refractivity contribution in [2.45, 2.75) is 29.9 Å². The van der Waals surface area contributed by atoms with Crippen molar-refractivity contribution in [2.75, 3.05) is 30.0 Å². The highest BCUT2D eigenvalue weighted by Crippen LogP contribution is 2.35. The number of aryl methyl sites for hydroxylation is 1. The number of anilines is 1. The Kier molecular flexibility index (Phi) is 6.84. The molecule has 1 atom stereocenters. The summed E-state index contributed by atoms with van der Waals surface area (Å²) in [5.74, 6) is 0. The van der Waals surface area contributed by atoms with E-state index in [1.807, 2.05) is 36.2 Å². The number of thiol groups is 1. The maximum Gasteiger partial charge on any atom is 0.273 e. The van der Waals surface area contributed by atoms with Crippen LogP contribution in [0.5, 0.6) is 0 Å². The van der Waals surface area contributed by atoms with Gasteiger partial charge in [0.15, 0.2) is 0 Å². The Balaban J connectivity index is 1.35. The number of benzene rings is 2. The zero-order chi connectivity index (χ0) is 24.6. The van der Waals surface area contributed by atoms with Crippen molar-refractivity contribution < 1.29 is 13.5 Å². The second kappa shape index (κ2) is 9.88. The molecule has 2 aliphatic rings. The molecule has 1 aromatic heterocycles. The number of thioether (sulfide) groups is 1. The van der Waals surface area contributed by atoms with E-state index >= 15 is 0 Å². The number of hydrogen-bond acceptors (Lipinski definition) is 8. The van der Waals surface area contributed by atoms with Gasteiger partial charge >= 0.3 is 0 Å². The first-order chi connectivity index (χ1) is 16.8. The van der Waals surface area contributed by atoms with E-state index in [0.717, 1.165) is 50.5 Å². The highest BCUT2D eigenvalue weighted by atomic mass is 32.3. The summed E-state index contributed by atoms with van der Waals surface area (Å²) >= 11 is 6.12. The molecule has 2 N–H and O–H groups in total. The number of hydrazone groups is 1. The van der Waals surface area contributed by atoms with Crippen LogP contribution in [-0.4, -0.2) is 65.8 Å². The van der Waals surface area contributed by atoms with Gasteiger partial charge in [0.25, 0.3) is 10.0 Å². The molecule has 184 valence electrons. The van der Waals surface area contributed by atoms with Gasteiger partial charge in [-0.1, -0.05) is 36.0 Å². The molecule has 1 unspecified atom stereocenters. The van der Waals surface area contributed by atoms with Crippen LogP contribution in [0.2, 0.25) is 0 Å². The van der Waals surface area contributed by atoms with Gasteiger partial charge in [0, 0.05) is 35.7 Å². The molecule has 0 bridgehead atoms. The van der Waals surface area contributed by atoms with Crippen molar-refractivity contribution in [2.24, 2.45) is 10.1 Å². The second-order valence-corrected chi connectivity index (χ2v) is 12.4. The lowest BCUT2D eigenvalue weighted by molar-refractivity contribution is 0.213. The number of aliphatic hydroxyl groups is 1. The summed E-state index contributed by atoms with van der Waals surface area (Å²) in [7, 11) is -3.84. The van der Waals surface area contributed by atoms with Crippen LogP contribution >= 0.6 is 24.6 Å². The fourth-order valence-electron chi connectivity index (χ4n) is 4.33. The summed E-state index contributed by atoms with van der Waals surface area (Å²) in [6.07, 6.45) is 1.79. The second-order valence-electron chi connectivity index (χ2n) is 8.67. The summed E-state index contributed by atoms with van der Waals surface area (Å²) in [6, 6.07) is 14.3. The van der Waals surface area contributed by atoms with Crippen molar-refractivity contribution in [1.82, 2.24) is 9.99 Å². The number of para-hydroxylation sites is 1. The lowest BCUT2D eigenvalue weighted by Gasteiger charge is -2.19. The average molecular weight is 530 g/mol. The Labute approximate surface area is 214 Å². The molecule has 0 radical (unpaired) electrons. The monoisotopic (exact) mass is 529 g/mol. The molecule has 0 saturated carbocycles. The number of nitrogens with one attached hydrogen (secondary N) is 1. The van der Waals surface area contributed by atoms with Gasteiger partial charge in [0.1, 0.15) is 5.04 Å². The van der Waals surface area contributed by atoms with Gasteiger partial charge in [-0.2, -0.15) is 5.10 Å². The summed E-state index contributed by atoms with van der Waals surface area (Å²) < 4.78 is 27.5. The smallest absolute Gasteiger partial charge is 0.273 e. The van der Waals surface area contributed by atoms with Gasteiger partial charge in [0.2, 0.25) is 0 Å². The standard InChI is InChI=1S/C24H27N5O3S3/c1-16-4-2-6-20(12-16)35(31,32)29(33)22-7-3-5-17-13-21(26-23(17)22)24-25-15-19(34-24)14-18-8-9-28(27-18)10-11-30/h2-7,12-13,19,26,30,33H,8-11,14-15H2,1H3. The van der Waals surface area contributed by atoms with Crippen LogP contribution in [0.4, 0.5) is 5.69 Å². The first-order valence-electron chi connectivity index (χ1n) is 11.4. The Hall–Kier alpha value is -2.47. The SMILES string of the molecule is Cc1cccc(S(=O)(=O)N(S)c2cccc3cc(C4=NCC(CC5=NN(CCO)CC5)S4)[nH]c23)c1. The highest BCUT2D eigenvalue weighted by molar-refractivity contribution is 8.15. The number of fused-ring (bicyclic) bond motifs is 1. The van der Waals surface area contributed by atoms with Crippen molar-refractivity contribution >= 4 is 61.9 Å². The molecule has 0 fully saturated rings. The molecular formula is C24H27N5O3S3. The molecule has 0 amide bonds. The molecule has 35 heavy (non-hydrogen) atoms. The zero-order valence-corrected chi connectivity index (χ0v) is 21.8. The van der Waals surface area contributed by atoms with E-state index < -0.39 is 10.0 Å². The number of rotatable bonds is 8. The molecule has 8 nitrogen and oxygen atoms in total. The van der Waals surface area contributed by atoms with Crippen LogP contribution < -0.4 is 3.71 Å². The maximum atomic E-state index is 13.2. The van der Waals surface area contributed by atoms with Crippen LogP contribution in [0.3, 0.4) is 0 Å². The molecule has 0 aliphatic carbocycles. The van der Waals surface area contributed by atoms with Crippen LogP contribution in [0, 0.1) is 6.92 Å². The van der Waals surface area contributed by atoms with Gasteiger partial charge < -0.3 is 10.1 Å². The minimum absolute atomic E-state index is 0.112. The fourth-order valence-corrected chi connectivity index (χ4v) is 7.11. The summed E-state index contributed by atoms with van der Waals surface area (Å²) in [5, 5.41) is 17.7. The van der Waals surface area contributed by atoms with Gasteiger partial charge in [-0.25, -0.2) is 12.1 Å². The molecule has 2 aliphatic heterocycles. The summed E-state index contributed by atoms with van der Waals surface area (Å²) in [6.45, 7) is 4.11. The number of hydrogen-bond donors (Lipinski definition) is 3. The van der Waals surface area contributed by atoms with E-state index in [9.17, 15) is 8.42 Å². The third-order valence-corrected chi connectivity index (χ3v) is 9.65. The molecule has 2 aromatic carbocycles. The van der Waals surface area contributed by atoms with E-state index in [1.165, 1.54) is 0 Å². The van der Waals surface area contributed by atoms with Crippen LogP contribution in [0.25, 0.3) is 10.9 Å². The maximum absolute atomic E-state index is 13.2. The normalized spacial score (nSPS) is 18.3. The van der Waals surface area contributed by atoms with Crippen LogP contribution in [0.1, 0.15) is 24.1 Å². The number of H-pyrrole nitrogens is 1. The van der Waals surface area contributed by atoms with E-state index in [-0.39, 0.29) is 11.5 Å². The first-order valence-corrected chi connectivity index (χ1v) is 14.1. The quantitative estimate of drug-likeness (QED) is 0.385. The molecule has 3 heterocycles. The van der Waals surface area contributed by atoms with Gasteiger partial charge in [-0.15, -0.1) is 0 Å². The molecule has 3 aromatic rings. The fraction of sp³-hybridized carbons (Fsp3) is 0.333. The lowest BCUT2D eigenvalue weighted by Crippen LogP contribution is -2.21. The van der Waals surface area contributed by atoms with E-state index in [2.05, 4.69) is 22.9 Å². The molecule has 0 spiro atoms. The minimum Gasteiger partial charge on any atom is -0.394 e. The first kappa shape index (κ1) is 24.2. The zero-order valence-electron chi connectivity index (χ0n) is 19.3. The third-order valence-electron chi connectivity index (χ3n) is 6.07. The van der Waals surface area contributed by atoms with Gasteiger partial charge in [-0.05, 0) is 49.6 Å². The molecule has 11 heteroatoms. The number of aromatic nitrogens is 1. The highest BCUT2D eigenvalue weighted by Gasteiger charge is 2.28. The van der Waals surface area contributed by atoms with Crippen LogP contribution in [-0.2, 0) is 10.0 Å². The number of sulfonamides is 1. The topological polar surface area (TPSA) is 101 Å². The van der Waals surface area contributed by atoms with Gasteiger partial charge in [-0.3, -0.25) is 10.0 Å². The Bertz CT molecular complexity index is 1420. The van der Waals surface area contributed by atoms with E-state index in [0.29, 0.717) is 29.5 Å². The summed E-state index contributed by atoms with van der Waals surface area (Å²) in [5.41, 5.74) is 4.04. The molecular weight excluding hydrogens is 502 g/mol. The van der Waals surface area contributed by atoms with E-state index in [1.54, 1.807) is 36.0 Å². The number of β-amino-alcohol motifs (C(OH)–C–C–N with tert-alkyl or cyclic N) is 1. The number of aromatic amines is 1. The third kappa shape index (κ3) is 4.95. The predicted molar refractivity (Wildman–Crippen MR) is 146 cm³/mol. The summed E-state index contributed by atoms with van der Waals surface area (Å²) in [4.78, 5) is 8.33. The minimum atomic E-state index is -3.84. The van der Waals surface area contributed by atoms with Gasteiger partial charge in [0.05, 0.1) is 41.5 Å². The number of nitrogens with zero attached hydrogens (tertiary/aromatic N) is 4. The molecule has 5 rings (SSSR count). The van der Waals surface area contributed by atoms with Crippen LogP contribution in [0.15, 0.2) is 63.5 Å². The number of aliphatic imine (C=N–C) groups is 1. The predicted octanol–water partition coefficient (Wildman–Crippen LogP) is 3.82. The van der Waals surface area contributed by atoms with Crippen molar-refractivity contribution in [3.05, 3.63) is 59.8 Å². The van der Waals surface area contributed by atoms with Crippen molar-refractivity contribution in [1.29, 1.82) is 0 Å². The Morgan fingerprint density at radius 1 is 1.26 bits per heavy atom. The van der Waals surface area contributed by atoms with Crippen molar-refractivity contribution in [3.63, 3.8) is 0 Å².